The van der Waals surface area contributed by atoms with Gasteiger partial charge in [0.25, 0.3) is 0 Å². The van der Waals surface area contributed by atoms with Gasteiger partial charge in [-0.1, -0.05) is 37.3 Å². The van der Waals surface area contributed by atoms with E-state index in [0.29, 0.717) is 5.56 Å². The molecule has 0 bridgehead atoms. The van der Waals surface area contributed by atoms with Crippen molar-refractivity contribution in [1.29, 1.82) is 0 Å². The normalized spacial score (nSPS) is 10.4. The van der Waals surface area contributed by atoms with Crippen LogP contribution in [0.15, 0.2) is 42.5 Å². The zero-order valence-corrected chi connectivity index (χ0v) is 9.91. The van der Waals surface area contributed by atoms with Gasteiger partial charge >= 0.3 is 0 Å². The van der Waals surface area contributed by atoms with E-state index in [-0.39, 0.29) is 5.56 Å². The summed E-state index contributed by atoms with van der Waals surface area (Å²) in [5, 5.41) is 0. The maximum atomic E-state index is 13.5. The Morgan fingerprint density at radius 3 is 2.33 bits per heavy atom. The number of halogens is 2. The molecular weight excluding hydrogens is 234 g/mol. The summed E-state index contributed by atoms with van der Waals surface area (Å²) < 4.78 is 26.5. The summed E-state index contributed by atoms with van der Waals surface area (Å²) in [6, 6.07) is 10.5. The van der Waals surface area contributed by atoms with Gasteiger partial charge in [-0.05, 0) is 24.1 Å². The lowest BCUT2D eigenvalue weighted by Crippen LogP contribution is -2.05. The molecule has 0 amide bonds. The zero-order valence-electron chi connectivity index (χ0n) is 9.91. The lowest BCUT2D eigenvalue weighted by molar-refractivity contribution is 0.103. The molecule has 0 fully saturated rings. The highest BCUT2D eigenvalue weighted by Gasteiger charge is 2.16. The number of benzene rings is 2. The van der Waals surface area contributed by atoms with Gasteiger partial charge in [0.15, 0.2) is 17.4 Å². The molecule has 2 aromatic rings. The second-order valence-electron chi connectivity index (χ2n) is 3.98. The smallest absolute Gasteiger partial charge is 0.196 e. The van der Waals surface area contributed by atoms with Crippen LogP contribution < -0.4 is 0 Å². The molecule has 0 saturated heterocycles. The van der Waals surface area contributed by atoms with E-state index in [2.05, 4.69) is 0 Å². The van der Waals surface area contributed by atoms with Crippen molar-refractivity contribution in [3.8, 4) is 0 Å². The van der Waals surface area contributed by atoms with E-state index in [9.17, 15) is 13.6 Å². The molecule has 0 atom stereocenters. The van der Waals surface area contributed by atoms with Crippen LogP contribution in [-0.4, -0.2) is 5.78 Å². The summed E-state index contributed by atoms with van der Waals surface area (Å²) in [6.07, 6.45) is 0.864. The third kappa shape index (κ3) is 2.30. The van der Waals surface area contributed by atoms with Crippen LogP contribution >= 0.6 is 0 Å². The van der Waals surface area contributed by atoms with Crippen molar-refractivity contribution >= 4 is 5.78 Å². The monoisotopic (exact) mass is 246 g/mol. The average Bonchev–Trinajstić information content (AvgIpc) is 2.41. The zero-order chi connectivity index (χ0) is 13.1. The van der Waals surface area contributed by atoms with E-state index >= 15 is 0 Å². The first-order valence-corrected chi connectivity index (χ1v) is 5.71. The molecule has 3 heteroatoms. The van der Waals surface area contributed by atoms with Crippen LogP contribution in [0.5, 0.6) is 0 Å². The van der Waals surface area contributed by atoms with Crippen molar-refractivity contribution < 1.29 is 13.6 Å². The minimum absolute atomic E-state index is 0.237. The molecule has 0 N–H and O–H groups in total. The number of hydrogen-bond acceptors (Lipinski definition) is 1. The van der Waals surface area contributed by atoms with Crippen LogP contribution in [0.1, 0.15) is 28.4 Å². The SMILES string of the molecule is CCc1ccc(C(=O)c2cccc(F)c2F)cc1. The van der Waals surface area contributed by atoms with Gasteiger partial charge in [-0.2, -0.15) is 0 Å². The summed E-state index contributed by atoms with van der Waals surface area (Å²) in [7, 11) is 0. The van der Waals surface area contributed by atoms with Gasteiger partial charge in [-0.3, -0.25) is 4.79 Å². The number of carbonyl (C=O) groups is 1. The lowest BCUT2D eigenvalue weighted by Gasteiger charge is -2.04. The highest BCUT2D eigenvalue weighted by atomic mass is 19.2. The van der Waals surface area contributed by atoms with Crippen molar-refractivity contribution in [3.63, 3.8) is 0 Å². The van der Waals surface area contributed by atoms with Crippen LogP contribution in [0, 0.1) is 11.6 Å². The second kappa shape index (κ2) is 5.08. The highest BCUT2D eigenvalue weighted by Crippen LogP contribution is 2.16. The van der Waals surface area contributed by atoms with Gasteiger partial charge in [-0.15, -0.1) is 0 Å². The van der Waals surface area contributed by atoms with Crippen LogP contribution in [0.25, 0.3) is 0 Å². The molecule has 0 aliphatic rings. The standard InChI is InChI=1S/C15H12F2O/c1-2-10-6-8-11(9-7-10)15(18)12-4-3-5-13(16)14(12)17/h3-9H,2H2,1H3. The van der Waals surface area contributed by atoms with E-state index in [0.717, 1.165) is 18.1 Å². The summed E-state index contributed by atoms with van der Waals surface area (Å²) in [5.41, 5.74) is 1.21. The lowest BCUT2D eigenvalue weighted by atomic mass is 10.0. The molecule has 1 nitrogen and oxygen atoms in total. The molecular formula is C15H12F2O. The van der Waals surface area contributed by atoms with Crippen LogP contribution in [0.4, 0.5) is 8.78 Å². The van der Waals surface area contributed by atoms with E-state index in [1.807, 2.05) is 19.1 Å². The third-order valence-corrected chi connectivity index (χ3v) is 2.82. The summed E-state index contributed by atoms with van der Waals surface area (Å²) in [4.78, 5) is 12.0. The first-order valence-electron chi connectivity index (χ1n) is 5.71. The van der Waals surface area contributed by atoms with E-state index in [1.54, 1.807) is 12.1 Å². The topological polar surface area (TPSA) is 17.1 Å². The molecule has 0 radical (unpaired) electrons. The Balaban J connectivity index is 2.38. The van der Waals surface area contributed by atoms with Crippen molar-refractivity contribution in [1.82, 2.24) is 0 Å². The minimum atomic E-state index is -1.10. The van der Waals surface area contributed by atoms with Crippen molar-refractivity contribution in [2.24, 2.45) is 0 Å². The minimum Gasteiger partial charge on any atom is -0.288 e. The fraction of sp³-hybridized carbons (Fsp3) is 0.133. The number of rotatable bonds is 3. The fourth-order valence-corrected chi connectivity index (χ4v) is 1.73. The van der Waals surface area contributed by atoms with Gasteiger partial charge in [0.1, 0.15) is 0 Å². The Morgan fingerprint density at radius 2 is 1.72 bits per heavy atom. The number of hydrogen-bond donors (Lipinski definition) is 0. The Hall–Kier alpha value is -2.03. The quantitative estimate of drug-likeness (QED) is 0.754. The average molecular weight is 246 g/mol. The molecule has 0 aliphatic heterocycles. The summed E-state index contributed by atoms with van der Waals surface area (Å²) in [6.45, 7) is 2.00. The Labute approximate surface area is 104 Å². The summed E-state index contributed by atoms with van der Waals surface area (Å²) in [5.74, 6) is -2.61. The van der Waals surface area contributed by atoms with E-state index < -0.39 is 17.4 Å². The fourth-order valence-electron chi connectivity index (χ4n) is 1.73. The summed E-state index contributed by atoms with van der Waals surface area (Å²) >= 11 is 0. The maximum absolute atomic E-state index is 13.5. The van der Waals surface area contributed by atoms with Gasteiger partial charge in [0.05, 0.1) is 5.56 Å². The van der Waals surface area contributed by atoms with Crippen molar-refractivity contribution in [2.75, 3.05) is 0 Å². The van der Waals surface area contributed by atoms with Crippen LogP contribution in [0.3, 0.4) is 0 Å². The van der Waals surface area contributed by atoms with Crippen LogP contribution in [0.2, 0.25) is 0 Å². The Bertz CT molecular complexity index is 574. The number of carbonyl (C=O) groups excluding carboxylic acids is 1. The Kier molecular flexibility index (Phi) is 3.51. The number of ketones is 1. The molecule has 2 aromatic carbocycles. The van der Waals surface area contributed by atoms with Gasteiger partial charge in [-0.25, -0.2) is 8.78 Å². The molecule has 2 rings (SSSR count). The molecule has 0 aliphatic carbocycles. The molecule has 0 saturated carbocycles. The molecule has 92 valence electrons. The molecule has 0 aromatic heterocycles. The number of aryl methyl sites for hydroxylation is 1. The molecule has 0 spiro atoms. The van der Waals surface area contributed by atoms with Crippen LogP contribution in [-0.2, 0) is 6.42 Å². The van der Waals surface area contributed by atoms with E-state index in [4.69, 9.17) is 0 Å². The first-order chi connectivity index (χ1) is 8.63. The molecule has 0 heterocycles. The molecule has 18 heavy (non-hydrogen) atoms. The second-order valence-corrected chi connectivity index (χ2v) is 3.98. The van der Waals surface area contributed by atoms with Crippen molar-refractivity contribution in [3.05, 3.63) is 70.8 Å². The predicted octanol–water partition coefficient (Wildman–Crippen LogP) is 3.76. The van der Waals surface area contributed by atoms with E-state index in [1.165, 1.54) is 12.1 Å². The predicted molar refractivity (Wildman–Crippen MR) is 65.6 cm³/mol. The van der Waals surface area contributed by atoms with Gasteiger partial charge < -0.3 is 0 Å². The largest absolute Gasteiger partial charge is 0.288 e. The van der Waals surface area contributed by atoms with Gasteiger partial charge in [0, 0.05) is 5.56 Å². The first kappa shape index (κ1) is 12.4. The highest BCUT2D eigenvalue weighted by molar-refractivity contribution is 6.09. The van der Waals surface area contributed by atoms with Gasteiger partial charge in [0.2, 0.25) is 0 Å². The maximum Gasteiger partial charge on any atom is 0.196 e. The third-order valence-electron chi connectivity index (χ3n) is 2.82. The molecule has 0 unspecified atom stereocenters. The Morgan fingerprint density at radius 1 is 1.06 bits per heavy atom. The van der Waals surface area contributed by atoms with Crippen molar-refractivity contribution in [2.45, 2.75) is 13.3 Å².